The summed E-state index contributed by atoms with van der Waals surface area (Å²) in [7, 11) is 2.01. The van der Waals surface area contributed by atoms with Crippen LogP contribution in [0.1, 0.15) is 25.0 Å². The summed E-state index contributed by atoms with van der Waals surface area (Å²) >= 11 is 3.40. The van der Waals surface area contributed by atoms with E-state index < -0.39 is 0 Å². The van der Waals surface area contributed by atoms with Gasteiger partial charge in [0.05, 0.1) is 6.10 Å². The quantitative estimate of drug-likeness (QED) is 0.907. The average molecular weight is 299 g/mol. The molecular weight excluding hydrogens is 280 g/mol. The number of aromatic nitrogens is 1. The van der Waals surface area contributed by atoms with Crippen LogP contribution in [0.3, 0.4) is 0 Å². The number of ether oxygens (including phenoxy) is 1. The molecule has 2 atom stereocenters. The Hall–Kier alpha value is -0.450. The third kappa shape index (κ3) is 4.05. The Labute approximate surface area is 111 Å². The molecule has 0 radical (unpaired) electrons. The number of pyridine rings is 1. The van der Waals surface area contributed by atoms with Gasteiger partial charge in [0.1, 0.15) is 0 Å². The molecule has 3 nitrogen and oxygen atoms in total. The summed E-state index contributed by atoms with van der Waals surface area (Å²) in [6.07, 6.45) is 6.73. The summed E-state index contributed by atoms with van der Waals surface area (Å²) in [5, 5.41) is 3.36. The SMILES string of the molecule is CNC(Cc1ccc(Br)cn1)CC1CCCO1. The lowest BCUT2D eigenvalue weighted by atomic mass is 10.0. The highest BCUT2D eigenvalue weighted by molar-refractivity contribution is 9.10. The van der Waals surface area contributed by atoms with Gasteiger partial charge in [-0.3, -0.25) is 4.98 Å². The molecule has 2 rings (SSSR count). The highest BCUT2D eigenvalue weighted by Crippen LogP contribution is 2.18. The third-order valence-corrected chi connectivity index (χ3v) is 3.69. The molecule has 0 aromatic carbocycles. The Morgan fingerprint density at radius 3 is 3.06 bits per heavy atom. The Balaban J connectivity index is 1.87. The van der Waals surface area contributed by atoms with Gasteiger partial charge in [0.2, 0.25) is 0 Å². The molecule has 0 saturated carbocycles. The van der Waals surface area contributed by atoms with E-state index in [-0.39, 0.29) is 0 Å². The molecule has 2 heterocycles. The van der Waals surface area contributed by atoms with Gasteiger partial charge < -0.3 is 10.1 Å². The van der Waals surface area contributed by atoms with Gasteiger partial charge in [0.15, 0.2) is 0 Å². The van der Waals surface area contributed by atoms with E-state index in [0.29, 0.717) is 12.1 Å². The Kier molecular flexibility index (Phi) is 4.95. The number of nitrogens with zero attached hydrogens (tertiary/aromatic N) is 1. The molecule has 0 spiro atoms. The molecule has 94 valence electrons. The van der Waals surface area contributed by atoms with Crippen LogP contribution in [-0.4, -0.2) is 30.8 Å². The van der Waals surface area contributed by atoms with E-state index in [1.165, 1.54) is 12.8 Å². The molecule has 4 heteroatoms. The fourth-order valence-electron chi connectivity index (χ4n) is 2.23. The van der Waals surface area contributed by atoms with Crippen molar-refractivity contribution in [1.82, 2.24) is 10.3 Å². The summed E-state index contributed by atoms with van der Waals surface area (Å²) in [5.74, 6) is 0. The van der Waals surface area contributed by atoms with Gasteiger partial charge in [0, 0.05) is 35.4 Å². The number of rotatable bonds is 5. The molecule has 1 fully saturated rings. The van der Waals surface area contributed by atoms with Crippen LogP contribution in [-0.2, 0) is 11.2 Å². The molecular formula is C13H19BrN2O. The maximum Gasteiger partial charge on any atom is 0.0590 e. The van der Waals surface area contributed by atoms with Crippen molar-refractivity contribution < 1.29 is 4.74 Å². The average Bonchev–Trinajstić information content (AvgIpc) is 2.84. The smallest absolute Gasteiger partial charge is 0.0590 e. The Morgan fingerprint density at radius 2 is 2.47 bits per heavy atom. The van der Waals surface area contributed by atoms with E-state index >= 15 is 0 Å². The second-order valence-electron chi connectivity index (χ2n) is 4.53. The monoisotopic (exact) mass is 298 g/mol. The molecule has 1 aromatic heterocycles. The number of nitrogens with one attached hydrogen (secondary N) is 1. The van der Waals surface area contributed by atoms with E-state index in [1.807, 2.05) is 19.3 Å². The van der Waals surface area contributed by atoms with Crippen LogP contribution in [0.15, 0.2) is 22.8 Å². The zero-order valence-electron chi connectivity index (χ0n) is 10.2. The van der Waals surface area contributed by atoms with E-state index in [1.54, 1.807) is 0 Å². The lowest BCUT2D eigenvalue weighted by Crippen LogP contribution is -2.31. The minimum absolute atomic E-state index is 0.433. The lowest BCUT2D eigenvalue weighted by Gasteiger charge is -2.19. The fourth-order valence-corrected chi connectivity index (χ4v) is 2.47. The highest BCUT2D eigenvalue weighted by atomic mass is 79.9. The van der Waals surface area contributed by atoms with Crippen LogP contribution >= 0.6 is 15.9 Å². The first-order valence-corrected chi connectivity index (χ1v) is 6.96. The molecule has 1 saturated heterocycles. The normalized spacial score (nSPS) is 21.6. The van der Waals surface area contributed by atoms with Gasteiger partial charge in [-0.1, -0.05) is 0 Å². The van der Waals surface area contributed by atoms with E-state index in [2.05, 4.69) is 32.3 Å². The van der Waals surface area contributed by atoms with Crippen molar-refractivity contribution in [2.75, 3.05) is 13.7 Å². The maximum atomic E-state index is 5.67. The molecule has 0 aliphatic carbocycles. The first-order valence-electron chi connectivity index (χ1n) is 6.17. The van der Waals surface area contributed by atoms with Crippen molar-refractivity contribution in [2.24, 2.45) is 0 Å². The van der Waals surface area contributed by atoms with Crippen molar-refractivity contribution in [1.29, 1.82) is 0 Å². The number of likely N-dealkylation sites (N-methyl/N-ethyl adjacent to an activating group) is 1. The summed E-state index contributed by atoms with van der Waals surface area (Å²) in [5.41, 5.74) is 1.13. The zero-order chi connectivity index (χ0) is 12.1. The van der Waals surface area contributed by atoms with Crippen LogP contribution in [0.4, 0.5) is 0 Å². The third-order valence-electron chi connectivity index (χ3n) is 3.22. The van der Waals surface area contributed by atoms with Crippen molar-refractivity contribution >= 4 is 15.9 Å². The van der Waals surface area contributed by atoms with Gasteiger partial charge >= 0.3 is 0 Å². The standard InChI is InChI=1S/C13H19BrN2O/c1-15-12(8-13-3-2-6-17-13)7-11-5-4-10(14)9-16-11/h4-5,9,12-13,15H,2-3,6-8H2,1H3. The van der Waals surface area contributed by atoms with Gasteiger partial charge in [0.25, 0.3) is 0 Å². The fraction of sp³-hybridized carbons (Fsp3) is 0.615. The largest absolute Gasteiger partial charge is 0.378 e. The first-order chi connectivity index (χ1) is 8.28. The maximum absolute atomic E-state index is 5.67. The molecule has 0 amide bonds. The Morgan fingerprint density at radius 1 is 1.59 bits per heavy atom. The zero-order valence-corrected chi connectivity index (χ0v) is 11.7. The lowest BCUT2D eigenvalue weighted by molar-refractivity contribution is 0.0953. The molecule has 1 aliphatic heterocycles. The summed E-state index contributed by atoms with van der Waals surface area (Å²) < 4.78 is 6.70. The minimum Gasteiger partial charge on any atom is -0.378 e. The predicted octanol–water partition coefficient (Wildman–Crippen LogP) is 2.54. The van der Waals surface area contributed by atoms with Gasteiger partial charge in [-0.15, -0.1) is 0 Å². The van der Waals surface area contributed by atoms with Crippen LogP contribution < -0.4 is 5.32 Å². The number of halogens is 1. The summed E-state index contributed by atoms with van der Waals surface area (Å²) in [4.78, 5) is 4.41. The van der Waals surface area contributed by atoms with Crippen LogP contribution in [0.25, 0.3) is 0 Å². The topological polar surface area (TPSA) is 34.2 Å². The second kappa shape index (κ2) is 6.47. The highest BCUT2D eigenvalue weighted by Gasteiger charge is 2.20. The van der Waals surface area contributed by atoms with Crippen molar-refractivity contribution in [3.63, 3.8) is 0 Å². The molecule has 1 N–H and O–H groups in total. The second-order valence-corrected chi connectivity index (χ2v) is 5.44. The van der Waals surface area contributed by atoms with E-state index in [4.69, 9.17) is 4.74 Å². The number of hydrogen-bond acceptors (Lipinski definition) is 3. The van der Waals surface area contributed by atoms with Crippen LogP contribution in [0, 0.1) is 0 Å². The number of hydrogen-bond donors (Lipinski definition) is 1. The summed E-state index contributed by atoms with van der Waals surface area (Å²) in [6, 6.07) is 4.57. The minimum atomic E-state index is 0.433. The van der Waals surface area contributed by atoms with Gasteiger partial charge in [-0.2, -0.15) is 0 Å². The van der Waals surface area contributed by atoms with Crippen molar-refractivity contribution in [3.05, 3.63) is 28.5 Å². The first kappa shape index (κ1) is 13.0. The van der Waals surface area contributed by atoms with E-state index in [0.717, 1.165) is 29.6 Å². The van der Waals surface area contributed by atoms with Crippen molar-refractivity contribution in [2.45, 2.75) is 37.8 Å². The molecule has 2 unspecified atom stereocenters. The van der Waals surface area contributed by atoms with Gasteiger partial charge in [-0.05, 0) is 54.4 Å². The van der Waals surface area contributed by atoms with Crippen LogP contribution in [0.5, 0.6) is 0 Å². The predicted molar refractivity (Wildman–Crippen MR) is 72.1 cm³/mol. The van der Waals surface area contributed by atoms with Crippen LogP contribution in [0.2, 0.25) is 0 Å². The molecule has 1 aliphatic rings. The Bertz CT molecular complexity index is 336. The molecule has 0 bridgehead atoms. The van der Waals surface area contributed by atoms with Gasteiger partial charge in [-0.25, -0.2) is 0 Å². The molecule has 1 aromatic rings. The van der Waals surface area contributed by atoms with E-state index in [9.17, 15) is 0 Å². The summed E-state index contributed by atoms with van der Waals surface area (Å²) in [6.45, 7) is 0.928. The van der Waals surface area contributed by atoms with Crippen molar-refractivity contribution in [3.8, 4) is 0 Å². The molecule has 17 heavy (non-hydrogen) atoms.